The Kier molecular flexibility index (Phi) is 4.47. The summed E-state index contributed by atoms with van der Waals surface area (Å²) in [6.45, 7) is 4.18. The molecule has 2 heterocycles. The Balaban J connectivity index is 1.62. The van der Waals surface area contributed by atoms with Crippen molar-refractivity contribution in [3.8, 4) is 17.2 Å². The number of anilines is 1. The minimum Gasteiger partial charge on any atom is -0.454 e. The van der Waals surface area contributed by atoms with E-state index in [0.717, 1.165) is 16.8 Å². The van der Waals surface area contributed by atoms with Crippen molar-refractivity contribution in [3.05, 3.63) is 93.9 Å². The molecular formula is C25H20N2O4. The number of ether oxygens (including phenoxy) is 2. The molecule has 31 heavy (non-hydrogen) atoms. The summed E-state index contributed by atoms with van der Waals surface area (Å²) in [4.78, 5) is 26.4. The van der Waals surface area contributed by atoms with Crippen molar-refractivity contribution in [2.75, 3.05) is 12.1 Å². The van der Waals surface area contributed by atoms with Gasteiger partial charge in [-0.3, -0.25) is 14.2 Å². The molecule has 0 atom stereocenters. The molecule has 0 bridgehead atoms. The van der Waals surface area contributed by atoms with E-state index >= 15 is 0 Å². The number of aryl methyl sites for hydroxylation is 2. The third-order valence-electron chi connectivity index (χ3n) is 5.57. The molecule has 1 N–H and O–H groups in total. The maximum absolute atomic E-state index is 13.2. The third-order valence-corrected chi connectivity index (χ3v) is 5.57. The van der Waals surface area contributed by atoms with Crippen LogP contribution in [0.25, 0.3) is 16.5 Å². The van der Waals surface area contributed by atoms with E-state index in [-0.39, 0.29) is 18.3 Å². The summed E-state index contributed by atoms with van der Waals surface area (Å²) in [5.41, 5.74) is 3.75. The molecule has 1 aromatic heterocycles. The molecule has 0 fully saturated rings. The van der Waals surface area contributed by atoms with E-state index in [2.05, 4.69) is 5.32 Å². The Morgan fingerprint density at radius 3 is 2.48 bits per heavy atom. The second-order valence-electron chi connectivity index (χ2n) is 7.55. The minimum atomic E-state index is -0.312. The average molecular weight is 412 g/mol. The Morgan fingerprint density at radius 1 is 0.903 bits per heavy atom. The number of amides is 1. The molecule has 0 unspecified atom stereocenters. The molecule has 6 heteroatoms. The molecule has 3 aromatic carbocycles. The van der Waals surface area contributed by atoms with E-state index < -0.39 is 0 Å². The van der Waals surface area contributed by atoms with Crippen molar-refractivity contribution in [1.82, 2.24) is 4.57 Å². The van der Waals surface area contributed by atoms with Gasteiger partial charge in [-0.05, 0) is 55.3 Å². The number of nitrogens with zero attached hydrogens (tertiary/aromatic N) is 1. The molecule has 4 aromatic rings. The molecule has 1 aliphatic rings. The number of carbonyl (C=O) groups is 1. The van der Waals surface area contributed by atoms with Gasteiger partial charge in [0.25, 0.3) is 11.5 Å². The van der Waals surface area contributed by atoms with Crippen LogP contribution in [0, 0.1) is 13.8 Å². The van der Waals surface area contributed by atoms with Crippen LogP contribution < -0.4 is 20.3 Å². The number of nitrogens with one attached hydrogen (secondary N) is 1. The van der Waals surface area contributed by atoms with Crippen LogP contribution in [0.15, 0.2) is 71.7 Å². The smallest absolute Gasteiger partial charge is 0.262 e. The van der Waals surface area contributed by atoms with Gasteiger partial charge in [-0.1, -0.05) is 24.3 Å². The molecule has 0 radical (unpaired) electrons. The molecule has 0 spiro atoms. The second kappa shape index (κ2) is 7.32. The lowest BCUT2D eigenvalue weighted by Gasteiger charge is -2.14. The van der Waals surface area contributed by atoms with Crippen molar-refractivity contribution in [1.29, 1.82) is 0 Å². The normalized spacial score (nSPS) is 12.2. The minimum absolute atomic E-state index is 0.165. The zero-order chi connectivity index (χ0) is 21.5. The topological polar surface area (TPSA) is 69.6 Å². The summed E-state index contributed by atoms with van der Waals surface area (Å²) in [5.74, 6) is 0.919. The zero-order valence-corrected chi connectivity index (χ0v) is 17.1. The fourth-order valence-corrected chi connectivity index (χ4v) is 3.71. The summed E-state index contributed by atoms with van der Waals surface area (Å²) < 4.78 is 12.2. The number of benzene rings is 3. The van der Waals surface area contributed by atoms with Crippen molar-refractivity contribution in [2.24, 2.45) is 0 Å². The number of hydrogen-bond acceptors (Lipinski definition) is 4. The number of carbonyl (C=O) groups excluding carboxylic acids is 1. The van der Waals surface area contributed by atoms with Gasteiger partial charge in [-0.15, -0.1) is 0 Å². The number of pyridine rings is 1. The Labute approximate surface area is 178 Å². The van der Waals surface area contributed by atoms with Crippen LogP contribution in [0.5, 0.6) is 11.5 Å². The Morgan fingerprint density at radius 2 is 1.68 bits per heavy atom. The zero-order valence-electron chi connectivity index (χ0n) is 17.1. The van der Waals surface area contributed by atoms with Gasteiger partial charge >= 0.3 is 0 Å². The molecule has 1 amide bonds. The first-order valence-corrected chi connectivity index (χ1v) is 9.94. The highest BCUT2D eigenvalue weighted by atomic mass is 16.7. The van der Waals surface area contributed by atoms with Crippen molar-refractivity contribution >= 4 is 22.4 Å². The molecule has 0 saturated heterocycles. The van der Waals surface area contributed by atoms with E-state index in [1.165, 1.54) is 4.57 Å². The summed E-state index contributed by atoms with van der Waals surface area (Å²) in [7, 11) is 0. The number of fused-ring (bicyclic) bond motifs is 2. The lowest BCUT2D eigenvalue weighted by atomic mass is 10.1. The van der Waals surface area contributed by atoms with Crippen molar-refractivity contribution < 1.29 is 14.3 Å². The number of aromatic nitrogens is 1. The lowest BCUT2D eigenvalue weighted by Crippen LogP contribution is -2.22. The first-order chi connectivity index (χ1) is 15.0. The first kappa shape index (κ1) is 18.9. The van der Waals surface area contributed by atoms with E-state index in [1.807, 2.05) is 38.1 Å². The van der Waals surface area contributed by atoms with Crippen molar-refractivity contribution in [3.63, 3.8) is 0 Å². The van der Waals surface area contributed by atoms with Gasteiger partial charge in [0.15, 0.2) is 11.5 Å². The third kappa shape index (κ3) is 3.32. The Hall–Kier alpha value is -4.06. The molecule has 5 rings (SSSR count). The predicted octanol–water partition coefficient (Wildman–Crippen LogP) is 4.59. The van der Waals surface area contributed by atoms with Crippen LogP contribution in [0.2, 0.25) is 0 Å². The van der Waals surface area contributed by atoms with Crippen molar-refractivity contribution in [2.45, 2.75) is 13.8 Å². The van der Waals surface area contributed by atoms with Gasteiger partial charge in [0.2, 0.25) is 6.79 Å². The lowest BCUT2D eigenvalue weighted by molar-refractivity contribution is 0.102. The van der Waals surface area contributed by atoms with Gasteiger partial charge in [0.1, 0.15) is 0 Å². The summed E-state index contributed by atoms with van der Waals surface area (Å²) in [6, 6.07) is 18.2. The highest BCUT2D eigenvalue weighted by molar-refractivity contribution is 6.12. The number of hydrogen-bond donors (Lipinski definition) is 1. The maximum Gasteiger partial charge on any atom is 0.262 e. The molecular weight excluding hydrogens is 392 g/mol. The molecule has 154 valence electrons. The maximum atomic E-state index is 13.2. The Bertz CT molecular complexity index is 1400. The van der Waals surface area contributed by atoms with E-state index in [1.54, 1.807) is 42.6 Å². The molecule has 6 nitrogen and oxygen atoms in total. The van der Waals surface area contributed by atoms with Crippen LogP contribution in [0.4, 0.5) is 5.69 Å². The van der Waals surface area contributed by atoms with Crippen LogP contribution in [-0.2, 0) is 0 Å². The fourth-order valence-electron chi connectivity index (χ4n) is 3.71. The highest BCUT2D eigenvalue weighted by Crippen LogP contribution is 2.34. The van der Waals surface area contributed by atoms with Gasteiger partial charge in [-0.25, -0.2) is 0 Å². The van der Waals surface area contributed by atoms with Crippen LogP contribution in [0.3, 0.4) is 0 Å². The van der Waals surface area contributed by atoms with Gasteiger partial charge < -0.3 is 14.8 Å². The first-order valence-electron chi connectivity index (χ1n) is 9.94. The van der Waals surface area contributed by atoms with E-state index in [4.69, 9.17) is 9.47 Å². The molecule has 1 aliphatic heterocycles. The van der Waals surface area contributed by atoms with Gasteiger partial charge in [-0.2, -0.15) is 0 Å². The largest absolute Gasteiger partial charge is 0.454 e. The van der Waals surface area contributed by atoms with Crippen LogP contribution in [-0.4, -0.2) is 17.3 Å². The SMILES string of the molecule is Cc1ccc(-n2cc(C(=O)Nc3ccc4c(c3)OCO4)c3ccccc3c2=O)cc1C. The highest BCUT2D eigenvalue weighted by Gasteiger charge is 2.18. The number of rotatable bonds is 3. The molecule has 0 aliphatic carbocycles. The quantitative estimate of drug-likeness (QED) is 0.534. The summed E-state index contributed by atoms with van der Waals surface area (Å²) >= 11 is 0. The predicted molar refractivity (Wildman–Crippen MR) is 120 cm³/mol. The average Bonchev–Trinajstić information content (AvgIpc) is 3.24. The van der Waals surface area contributed by atoms with E-state index in [9.17, 15) is 9.59 Å². The second-order valence-corrected chi connectivity index (χ2v) is 7.55. The van der Waals surface area contributed by atoms with Crippen LogP contribution >= 0.6 is 0 Å². The standard InChI is InChI=1S/C25H20N2O4/c1-15-7-9-18(11-16(15)2)27-13-21(19-5-3-4-6-20(19)25(27)29)24(28)26-17-8-10-22-23(12-17)31-14-30-22/h3-13H,14H2,1-2H3,(H,26,28). The summed E-state index contributed by atoms with van der Waals surface area (Å²) in [5, 5.41) is 4.00. The molecule has 0 saturated carbocycles. The monoisotopic (exact) mass is 412 g/mol. The van der Waals surface area contributed by atoms with Gasteiger partial charge in [0, 0.05) is 34.4 Å². The van der Waals surface area contributed by atoms with Crippen LogP contribution in [0.1, 0.15) is 21.5 Å². The fraction of sp³-hybridized carbons (Fsp3) is 0.120. The summed E-state index contributed by atoms with van der Waals surface area (Å²) in [6.07, 6.45) is 1.61. The van der Waals surface area contributed by atoms with E-state index in [0.29, 0.717) is 33.5 Å². The van der Waals surface area contributed by atoms with Gasteiger partial charge in [0.05, 0.1) is 5.56 Å².